The van der Waals surface area contributed by atoms with Crippen molar-refractivity contribution in [2.45, 2.75) is 25.8 Å². The molecule has 19 heavy (non-hydrogen) atoms. The van der Waals surface area contributed by atoms with Crippen molar-refractivity contribution in [1.29, 1.82) is 0 Å². The van der Waals surface area contributed by atoms with Gasteiger partial charge in [0, 0.05) is 0 Å². The standard InChI is InChI=1S/C12H16N2O4S/c1-2-4-8(12(17)18)14-10(15)7-13-11(16)9-5-3-6-19-9/h3,5-6,8H,2,4,7H2,1H3,(H,13,16)(H,14,15)(H,17,18)/t8-/m1/s1. The van der Waals surface area contributed by atoms with Gasteiger partial charge in [-0.2, -0.15) is 0 Å². The van der Waals surface area contributed by atoms with Gasteiger partial charge in [-0.3, -0.25) is 9.59 Å². The van der Waals surface area contributed by atoms with Crippen LogP contribution in [0.5, 0.6) is 0 Å². The van der Waals surface area contributed by atoms with Crippen LogP contribution in [-0.2, 0) is 9.59 Å². The molecule has 0 saturated carbocycles. The van der Waals surface area contributed by atoms with Gasteiger partial charge in [-0.25, -0.2) is 4.79 Å². The van der Waals surface area contributed by atoms with E-state index in [1.54, 1.807) is 17.5 Å². The van der Waals surface area contributed by atoms with E-state index >= 15 is 0 Å². The number of carboxylic acid groups (broad SMARTS) is 1. The van der Waals surface area contributed by atoms with Crippen LogP contribution in [0, 0.1) is 0 Å². The molecule has 0 aliphatic rings. The Balaban J connectivity index is 2.38. The molecule has 0 radical (unpaired) electrons. The molecule has 0 saturated heterocycles. The van der Waals surface area contributed by atoms with E-state index in [0.29, 0.717) is 17.7 Å². The summed E-state index contributed by atoms with van der Waals surface area (Å²) in [6.07, 6.45) is 1.01. The molecule has 0 spiro atoms. The van der Waals surface area contributed by atoms with E-state index in [0.717, 1.165) is 0 Å². The lowest BCUT2D eigenvalue weighted by Gasteiger charge is -2.13. The molecule has 3 N–H and O–H groups in total. The summed E-state index contributed by atoms with van der Waals surface area (Å²) in [5, 5.41) is 15.4. The first-order valence-electron chi connectivity index (χ1n) is 5.88. The SMILES string of the molecule is CCC[C@@H](NC(=O)CNC(=O)c1cccs1)C(=O)O. The van der Waals surface area contributed by atoms with E-state index in [2.05, 4.69) is 10.6 Å². The van der Waals surface area contributed by atoms with Crippen LogP contribution >= 0.6 is 11.3 Å². The highest BCUT2D eigenvalue weighted by Gasteiger charge is 2.19. The third-order valence-electron chi connectivity index (χ3n) is 2.37. The summed E-state index contributed by atoms with van der Waals surface area (Å²) < 4.78 is 0. The van der Waals surface area contributed by atoms with Crippen molar-refractivity contribution >= 4 is 29.1 Å². The van der Waals surface area contributed by atoms with Crippen molar-refractivity contribution in [2.75, 3.05) is 6.54 Å². The molecule has 0 bridgehead atoms. The van der Waals surface area contributed by atoms with Crippen LogP contribution in [0.3, 0.4) is 0 Å². The Labute approximate surface area is 114 Å². The predicted octanol–water partition coefficient (Wildman–Crippen LogP) is 0.847. The summed E-state index contributed by atoms with van der Waals surface area (Å²) in [5.74, 6) is -1.92. The smallest absolute Gasteiger partial charge is 0.326 e. The molecule has 0 aromatic carbocycles. The molecule has 0 aliphatic carbocycles. The molecular weight excluding hydrogens is 268 g/mol. The number of rotatable bonds is 7. The molecule has 1 aromatic heterocycles. The van der Waals surface area contributed by atoms with Crippen LogP contribution in [0.1, 0.15) is 29.4 Å². The van der Waals surface area contributed by atoms with Crippen LogP contribution in [-0.4, -0.2) is 35.5 Å². The number of carbonyl (C=O) groups is 3. The number of amides is 2. The molecule has 1 aromatic rings. The predicted molar refractivity (Wildman–Crippen MR) is 71.1 cm³/mol. The fraction of sp³-hybridized carbons (Fsp3) is 0.417. The maximum absolute atomic E-state index is 11.6. The monoisotopic (exact) mass is 284 g/mol. The number of thiophene rings is 1. The zero-order valence-electron chi connectivity index (χ0n) is 10.5. The van der Waals surface area contributed by atoms with Gasteiger partial charge >= 0.3 is 5.97 Å². The molecule has 1 heterocycles. The Kier molecular flexibility index (Phi) is 6.01. The maximum Gasteiger partial charge on any atom is 0.326 e. The minimum absolute atomic E-state index is 0.232. The van der Waals surface area contributed by atoms with Gasteiger partial charge in [0.1, 0.15) is 6.04 Å². The first kappa shape index (κ1) is 15.2. The van der Waals surface area contributed by atoms with Crippen LogP contribution < -0.4 is 10.6 Å². The lowest BCUT2D eigenvalue weighted by molar-refractivity contribution is -0.141. The normalized spacial score (nSPS) is 11.6. The second kappa shape index (κ2) is 7.52. The van der Waals surface area contributed by atoms with Gasteiger partial charge in [-0.15, -0.1) is 11.3 Å². The largest absolute Gasteiger partial charge is 0.480 e. The van der Waals surface area contributed by atoms with E-state index in [9.17, 15) is 14.4 Å². The van der Waals surface area contributed by atoms with E-state index in [-0.39, 0.29) is 12.5 Å². The second-order valence-corrected chi connectivity index (χ2v) is 4.85. The van der Waals surface area contributed by atoms with Gasteiger partial charge in [0.05, 0.1) is 11.4 Å². The zero-order chi connectivity index (χ0) is 14.3. The molecule has 7 heteroatoms. The van der Waals surface area contributed by atoms with Gasteiger partial charge in [0.25, 0.3) is 5.91 Å². The summed E-state index contributed by atoms with van der Waals surface area (Å²) in [7, 11) is 0. The van der Waals surface area contributed by atoms with Crippen molar-refractivity contribution in [3.8, 4) is 0 Å². The average Bonchev–Trinajstić information content (AvgIpc) is 2.89. The van der Waals surface area contributed by atoms with E-state index < -0.39 is 17.9 Å². The lowest BCUT2D eigenvalue weighted by Crippen LogP contribution is -2.45. The van der Waals surface area contributed by atoms with Crippen molar-refractivity contribution in [2.24, 2.45) is 0 Å². The molecule has 0 fully saturated rings. The average molecular weight is 284 g/mol. The van der Waals surface area contributed by atoms with Crippen LogP contribution in [0.15, 0.2) is 17.5 Å². The molecule has 2 amide bonds. The van der Waals surface area contributed by atoms with Crippen LogP contribution in [0.4, 0.5) is 0 Å². The summed E-state index contributed by atoms with van der Waals surface area (Å²) in [4.78, 5) is 34.4. The Morgan fingerprint density at radius 1 is 1.42 bits per heavy atom. The lowest BCUT2D eigenvalue weighted by atomic mass is 10.1. The minimum atomic E-state index is -1.07. The summed E-state index contributed by atoms with van der Waals surface area (Å²) in [5.41, 5.74) is 0. The topological polar surface area (TPSA) is 95.5 Å². The second-order valence-electron chi connectivity index (χ2n) is 3.91. The van der Waals surface area contributed by atoms with Gasteiger partial charge in [-0.05, 0) is 17.9 Å². The fourth-order valence-corrected chi connectivity index (χ4v) is 2.09. The molecule has 1 atom stereocenters. The first-order valence-corrected chi connectivity index (χ1v) is 6.76. The summed E-state index contributed by atoms with van der Waals surface area (Å²) in [6, 6.07) is 2.48. The van der Waals surface area contributed by atoms with Crippen LogP contribution in [0.25, 0.3) is 0 Å². The molecule has 104 valence electrons. The molecule has 1 rings (SSSR count). The molecule has 0 aliphatic heterocycles. The van der Waals surface area contributed by atoms with E-state index in [4.69, 9.17) is 5.11 Å². The molecule has 0 unspecified atom stereocenters. The number of carboxylic acids is 1. The maximum atomic E-state index is 11.6. The third kappa shape index (κ3) is 5.09. The zero-order valence-corrected chi connectivity index (χ0v) is 11.3. The van der Waals surface area contributed by atoms with E-state index in [1.165, 1.54) is 11.3 Å². The van der Waals surface area contributed by atoms with Gasteiger partial charge in [0.2, 0.25) is 5.91 Å². The molecular formula is C12H16N2O4S. The van der Waals surface area contributed by atoms with E-state index in [1.807, 2.05) is 6.92 Å². The Morgan fingerprint density at radius 2 is 2.16 bits per heavy atom. The highest BCUT2D eigenvalue weighted by atomic mass is 32.1. The number of nitrogens with one attached hydrogen (secondary N) is 2. The highest BCUT2D eigenvalue weighted by Crippen LogP contribution is 2.07. The van der Waals surface area contributed by atoms with Crippen molar-refractivity contribution in [1.82, 2.24) is 10.6 Å². The summed E-state index contributed by atoms with van der Waals surface area (Å²) in [6.45, 7) is 1.60. The first-order chi connectivity index (χ1) is 9.04. The highest BCUT2D eigenvalue weighted by molar-refractivity contribution is 7.12. The Hall–Kier alpha value is -1.89. The Morgan fingerprint density at radius 3 is 2.68 bits per heavy atom. The Bertz CT molecular complexity index is 445. The van der Waals surface area contributed by atoms with Crippen molar-refractivity contribution in [3.63, 3.8) is 0 Å². The third-order valence-corrected chi connectivity index (χ3v) is 3.23. The van der Waals surface area contributed by atoms with Crippen molar-refractivity contribution in [3.05, 3.63) is 22.4 Å². The van der Waals surface area contributed by atoms with Gasteiger partial charge < -0.3 is 15.7 Å². The van der Waals surface area contributed by atoms with Crippen LogP contribution in [0.2, 0.25) is 0 Å². The number of carbonyl (C=O) groups excluding carboxylic acids is 2. The van der Waals surface area contributed by atoms with Gasteiger partial charge in [0.15, 0.2) is 0 Å². The molecule has 6 nitrogen and oxygen atoms in total. The van der Waals surface area contributed by atoms with Gasteiger partial charge in [-0.1, -0.05) is 19.4 Å². The minimum Gasteiger partial charge on any atom is -0.480 e. The quantitative estimate of drug-likeness (QED) is 0.691. The fourth-order valence-electron chi connectivity index (χ4n) is 1.45. The number of aliphatic carboxylic acids is 1. The number of hydrogen-bond acceptors (Lipinski definition) is 4. The number of hydrogen-bond donors (Lipinski definition) is 3. The van der Waals surface area contributed by atoms with Crippen molar-refractivity contribution < 1.29 is 19.5 Å². The summed E-state index contributed by atoms with van der Waals surface area (Å²) >= 11 is 1.27.